The van der Waals surface area contributed by atoms with Crippen molar-refractivity contribution in [2.45, 2.75) is 6.54 Å². The Balaban J connectivity index is 1.94. The van der Waals surface area contributed by atoms with Gasteiger partial charge in [-0.1, -0.05) is 0 Å². The molecule has 0 aromatic carbocycles. The van der Waals surface area contributed by atoms with Crippen molar-refractivity contribution in [3.05, 3.63) is 32.9 Å². The molecule has 0 aliphatic heterocycles. The SMILES string of the molecule is O=C(NCc1n[nH]c(=O)[nH]1)c1nccs1. The molecule has 2 heterocycles. The zero-order valence-corrected chi connectivity index (χ0v) is 8.30. The molecule has 0 atom stereocenters. The Bertz CT molecular complexity index is 499. The van der Waals surface area contributed by atoms with Gasteiger partial charge in [-0.05, 0) is 0 Å². The Morgan fingerprint density at radius 2 is 2.47 bits per heavy atom. The Kier molecular flexibility index (Phi) is 2.59. The number of H-pyrrole nitrogens is 2. The van der Waals surface area contributed by atoms with E-state index < -0.39 is 5.69 Å². The molecule has 0 bridgehead atoms. The summed E-state index contributed by atoms with van der Waals surface area (Å²) in [5, 5.41) is 10.5. The average molecular weight is 225 g/mol. The molecule has 0 unspecified atom stereocenters. The highest BCUT2D eigenvalue weighted by Gasteiger charge is 2.08. The van der Waals surface area contributed by atoms with Gasteiger partial charge in [0.25, 0.3) is 5.91 Å². The summed E-state index contributed by atoms with van der Waals surface area (Å²) in [6.45, 7) is 0.164. The highest BCUT2D eigenvalue weighted by Crippen LogP contribution is 2.02. The smallest absolute Gasteiger partial charge is 0.340 e. The van der Waals surface area contributed by atoms with Crippen LogP contribution in [0.4, 0.5) is 0 Å². The third-order valence-electron chi connectivity index (χ3n) is 1.59. The first-order chi connectivity index (χ1) is 7.25. The van der Waals surface area contributed by atoms with E-state index in [-0.39, 0.29) is 12.5 Å². The second-order valence-corrected chi connectivity index (χ2v) is 3.54. The van der Waals surface area contributed by atoms with Gasteiger partial charge >= 0.3 is 5.69 Å². The lowest BCUT2D eigenvalue weighted by Gasteiger charge is -1.98. The van der Waals surface area contributed by atoms with Crippen LogP contribution in [0.15, 0.2) is 16.4 Å². The van der Waals surface area contributed by atoms with Crippen LogP contribution < -0.4 is 11.0 Å². The summed E-state index contributed by atoms with van der Waals surface area (Å²) < 4.78 is 0. The second-order valence-electron chi connectivity index (χ2n) is 2.64. The van der Waals surface area contributed by atoms with E-state index in [4.69, 9.17) is 0 Å². The van der Waals surface area contributed by atoms with Gasteiger partial charge in [0, 0.05) is 11.6 Å². The van der Waals surface area contributed by atoms with Gasteiger partial charge in [0.15, 0.2) is 5.01 Å². The fourth-order valence-corrected chi connectivity index (χ4v) is 1.52. The molecular formula is C7H7N5O2S. The topological polar surface area (TPSA) is 104 Å². The maximum atomic E-state index is 11.4. The molecule has 2 aromatic rings. The molecular weight excluding hydrogens is 218 g/mol. The summed E-state index contributed by atoms with van der Waals surface area (Å²) in [6.07, 6.45) is 1.55. The minimum Gasteiger partial charge on any atom is -0.343 e. The van der Waals surface area contributed by atoms with E-state index in [0.717, 1.165) is 0 Å². The third kappa shape index (κ3) is 2.29. The molecule has 78 valence electrons. The van der Waals surface area contributed by atoms with E-state index in [1.165, 1.54) is 11.3 Å². The zero-order valence-electron chi connectivity index (χ0n) is 7.48. The van der Waals surface area contributed by atoms with Crippen molar-refractivity contribution in [3.8, 4) is 0 Å². The maximum absolute atomic E-state index is 11.4. The first kappa shape index (κ1) is 9.59. The molecule has 0 aliphatic carbocycles. The largest absolute Gasteiger partial charge is 0.343 e. The van der Waals surface area contributed by atoms with Crippen LogP contribution in [-0.4, -0.2) is 26.1 Å². The van der Waals surface area contributed by atoms with Crippen molar-refractivity contribution in [1.29, 1.82) is 0 Å². The van der Waals surface area contributed by atoms with Crippen molar-refractivity contribution >= 4 is 17.2 Å². The van der Waals surface area contributed by atoms with Crippen LogP contribution in [0, 0.1) is 0 Å². The number of amides is 1. The van der Waals surface area contributed by atoms with Crippen molar-refractivity contribution in [2.75, 3.05) is 0 Å². The number of rotatable bonds is 3. The monoisotopic (exact) mass is 225 g/mol. The molecule has 7 nitrogen and oxygen atoms in total. The van der Waals surface area contributed by atoms with Gasteiger partial charge in [-0.3, -0.25) is 9.78 Å². The predicted molar refractivity (Wildman–Crippen MR) is 52.5 cm³/mol. The van der Waals surface area contributed by atoms with E-state index in [2.05, 4.69) is 25.5 Å². The minimum atomic E-state index is -0.395. The Labute approximate surface area is 87.6 Å². The zero-order chi connectivity index (χ0) is 10.7. The summed E-state index contributed by atoms with van der Waals surface area (Å²) >= 11 is 1.25. The van der Waals surface area contributed by atoms with Gasteiger partial charge in [0.1, 0.15) is 5.82 Å². The molecule has 0 aliphatic rings. The number of hydrogen-bond donors (Lipinski definition) is 3. The second kappa shape index (κ2) is 4.05. The van der Waals surface area contributed by atoms with E-state index in [1.54, 1.807) is 11.6 Å². The summed E-state index contributed by atoms with van der Waals surface area (Å²) in [6, 6.07) is 0. The van der Waals surface area contributed by atoms with Gasteiger partial charge in [0.05, 0.1) is 6.54 Å². The first-order valence-electron chi connectivity index (χ1n) is 4.07. The van der Waals surface area contributed by atoms with E-state index in [9.17, 15) is 9.59 Å². The highest BCUT2D eigenvalue weighted by molar-refractivity contribution is 7.11. The van der Waals surface area contributed by atoms with Crippen molar-refractivity contribution < 1.29 is 4.79 Å². The van der Waals surface area contributed by atoms with Gasteiger partial charge in [-0.25, -0.2) is 14.9 Å². The quantitative estimate of drug-likeness (QED) is 0.654. The number of hydrogen-bond acceptors (Lipinski definition) is 5. The Morgan fingerprint density at radius 1 is 1.60 bits per heavy atom. The number of aromatic nitrogens is 4. The Hall–Kier alpha value is -1.96. The number of nitrogens with zero attached hydrogens (tertiary/aromatic N) is 2. The number of aromatic amines is 2. The molecule has 2 aromatic heterocycles. The van der Waals surface area contributed by atoms with Crippen LogP contribution >= 0.6 is 11.3 Å². The lowest BCUT2D eigenvalue weighted by Crippen LogP contribution is -2.23. The van der Waals surface area contributed by atoms with Crippen LogP contribution in [0.5, 0.6) is 0 Å². The predicted octanol–water partition coefficient (Wildman–Crippen LogP) is -0.516. The van der Waals surface area contributed by atoms with Crippen LogP contribution in [0.1, 0.15) is 15.6 Å². The average Bonchev–Trinajstić information content (AvgIpc) is 2.84. The molecule has 0 saturated carbocycles. The van der Waals surface area contributed by atoms with Crippen LogP contribution in [0.2, 0.25) is 0 Å². The summed E-state index contributed by atoms with van der Waals surface area (Å²) in [4.78, 5) is 28.3. The molecule has 0 saturated heterocycles. The number of thiazole rings is 1. The highest BCUT2D eigenvalue weighted by atomic mass is 32.1. The molecule has 8 heteroatoms. The molecule has 0 radical (unpaired) electrons. The fourth-order valence-electron chi connectivity index (χ4n) is 0.964. The first-order valence-corrected chi connectivity index (χ1v) is 4.95. The molecule has 3 N–H and O–H groups in total. The normalized spacial score (nSPS) is 10.1. The summed E-state index contributed by atoms with van der Waals surface area (Å²) in [5.41, 5.74) is -0.395. The van der Waals surface area contributed by atoms with Crippen molar-refractivity contribution in [2.24, 2.45) is 0 Å². The van der Waals surface area contributed by atoms with Gasteiger partial charge < -0.3 is 5.32 Å². The van der Waals surface area contributed by atoms with Crippen LogP contribution in [-0.2, 0) is 6.54 Å². The van der Waals surface area contributed by atoms with E-state index >= 15 is 0 Å². The number of carbonyl (C=O) groups is 1. The molecule has 1 amide bonds. The fraction of sp³-hybridized carbons (Fsp3) is 0.143. The minimum absolute atomic E-state index is 0.164. The lowest BCUT2D eigenvalue weighted by atomic mass is 10.5. The standard InChI is InChI=1S/C7H7N5O2S/c13-5(6-8-1-2-15-6)9-3-4-10-7(14)12-11-4/h1-2H,3H2,(H,9,13)(H2,10,11,12,14). The molecule has 0 fully saturated rings. The van der Waals surface area contributed by atoms with Crippen LogP contribution in [0.25, 0.3) is 0 Å². The van der Waals surface area contributed by atoms with Gasteiger partial charge in [0.2, 0.25) is 0 Å². The lowest BCUT2D eigenvalue weighted by molar-refractivity contribution is 0.0949. The molecule has 15 heavy (non-hydrogen) atoms. The summed E-state index contributed by atoms with van der Waals surface area (Å²) in [7, 11) is 0. The number of carbonyl (C=O) groups excluding carboxylic acids is 1. The molecule has 0 spiro atoms. The Morgan fingerprint density at radius 3 is 3.07 bits per heavy atom. The maximum Gasteiger partial charge on any atom is 0.340 e. The van der Waals surface area contributed by atoms with Crippen LogP contribution in [0.3, 0.4) is 0 Å². The summed E-state index contributed by atoms with van der Waals surface area (Å²) in [5.74, 6) is 0.0961. The van der Waals surface area contributed by atoms with Gasteiger partial charge in [-0.15, -0.1) is 11.3 Å². The van der Waals surface area contributed by atoms with Crippen molar-refractivity contribution in [1.82, 2.24) is 25.5 Å². The van der Waals surface area contributed by atoms with E-state index in [0.29, 0.717) is 10.8 Å². The van der Waals surface area contributed by atoms with Gasteiger partial charge in [-0.2, -0.15) is 5.10 Å². The van der Waals surface area contributed by atoms with Crippen molar-refractivity contribution in [3.63, 3.8) is 0 Å². The number of nitrogens with one attached hydrogen (secondary N) is 3. The van der Waals surface area contributed by atoms with E-state index in [1.807, 2.05) is 0 Å². The third-order valence-corrected chi connectivity index (χ3v) is 2.37. The molecule has 2 rings (SSSR count).